The molecule has 0 aliphatic heterocycles. The van der Waals surface area contributed by atoms with Crippen LogP contribution in [0.25, 0.3) is 0 Å². The van der Waals surface area contributed by atoms with E-state index in [1.165, 1.54) is 0 Å². The molecular weight excluding hydrogens is 167 g/mol. The zero-order chi connectivity index (χ0) is 7.98. The van der Waals surface area contributed by atoms with Crippen molar-refractivity contribution in [3.63, 3.8) is 0 Å². The summed E-state index contributed by atoms with van der Waals surface area (Å²) in [4.78, 5) is 12.3. The van der Waals surface area contributed by atoms with Crippen LogP contribution in [0.3, 0.4) is 0 Å². The summed E-state index contributed by atoms with van der Waals surface area (Å²) >= 11 is 0. The van der Waals surface area contributed by atoms with Gasteiger partial charge in [0.2, 0.25) is 0 Å². The molecule has 0 atom stereocenters. The molecular formula is C7H17KN2O. The number of primary amides is 1. The third kappa shape index (κ3) is 7.27. The van der Waals surface area contributed by atoms with E-state index >= 15 is 0 Å². The minimum atomic E-state index is -0.302. The Morgan fingerprint density at radius 3 is 1.82 bits per heavy atom. The van der Waals surface area contributed by atoms with Crippen LogP contribution in [-0.4, -0.2) is 75.4 Å². The predicted molar refractivity (Wildman–Crippen MR) is 48.9 cm³/mol. The van der Waals surface area contributed by atoms with Gasteiger partial charge in [-0.05, 0) is 12.8 Å². The van der Waals surface area contributed by atoms with Crippen molar-refractivity contribution in [3.8, 4) is 0 Å². The van der Waals surface area contributed by atoms with Gasteiger partial charge in [-0.3, -0.25) is 0 Å². The number of nitrogens with zero attached hydrogens (tertiary/aromatic N) is 1. The van der Waals surface area contributed by atoms with Crippen molar-refractivity contribution in [2.75, 3.05) is 13.1 Å². The zero-order valence-corrected chi connectivity index (χ0v) is 6.76. The van der Waals surface area contributed by atoms with Crippen molar-refractivity contribution in [3.05, 3.63) is 0 Å². The molecule has 0 saturated heterocycles. The fourth-order valence-corrected chi connectivity index (χ4v) is 0.872. The van der Waals surface area contributed by atoms with Gasteiger partial charge in [0, 0.05) is 13.1 Å². The first-order valence-electron chi connectivity index (χ1n) is 3.76. The second kappa shape index (κ2) is 9.00. The average Bonchev–Trinajstić information content (AvgIpc) is 1.87. The maximum atomic E-state index is 10.6. The molecule has 0 unspecified atom stereocenters. The van der Waals surface area contributed by atoms with E-state index in [9.17, 15) is 4.79 Å². The molecule has 0 heterocycles. The van der Waals surface area contributed by atoms with Gasteiger partial charge in [-0.25, -0.2) is 4.79 Å². The summed E-state index contributed by atoms with van der Waals surface area (Å²) in [6.07, 6.45) is 1.95. The molecule has 0 radical (unpaired) electrons. The second-order valence-electron chi connectivity index (χ2n) is 2.33. The van der Waals surface area contributed by atoms with Crippen LogP contribution in [0.1, 0.15) is 26.7 Å². The summed E-state index contributed by atoms with van der Waals surface area (Å²) in [7, 11) is 0. The van der Waals surface area contributed by atoms with E-state index in [2.05, 4.69) is 0 Å². The van der Waals surface area contributed by atoms with Crippen LogP contribution in [0.5, 0.6) is 0 Å². The predicted octanol–water partition coefficient (Wildman–Crippen LogP) is 0.539. The van der Waals surface area contributed by atoms with E-state index < -0.39 is 0 Å². The molecule has 3 nitrogen and oxygen atoms in total. The number of hydrogen-bond acceptors (Lipinski definition) is 1. The molecule has 62 valence electrons. The molecule has 11 heavy (non-hydrogen) atoms. The number of nitrogens with two attached hydrogens (primary N) is 1. The first-order valence-corrected chi connectivity index (χ1v) is 3.76. The van der Waals surface area contributed by atoms with Crippen molar-refractivity contribution in [1.29, 1.82) is 0 Å². The summed E-state index contributed by atoms with van der Waals surface area (Å²) in [6, 6.07) is -0.302. The van der Waals surface area contributed by atoms with Gasteiger partial charge in [0.05, 0.1) is 0 Å². The second-order valence-corrected chi connectivity index (χ2v) is 2.33. The van der Waals surface area contributed by atoms with Gasteiger partial charge >= 0.3 is 57.4 Å². The first-order chi connectivity index (χ1) is 4.72. The molecule has 0 aliphatic carbocycles. The van der Waals surface area contributed by atoms with Crippen molar-refractivity contribution in [2.24, 2.45) is 5.73 Å². The average molecular weight is 184 g/mol. The van der Waals surface area contributed by atoms with E-state index in [4.69, 9.17) is 5.73 Å². The molecule has 0 fully saturated rings. The van der Waals surface area contributed by atoms with Crippen LogP contribution in [0.2, 0.25) is 0 Å². The number of carbonyl (C=O) groups is 1. The Kier molecular flexibility index (Phi) is 11.8. The normalized spacial score (nSPS) is 8.55. The molecule has 0 rings (SSSR count). The van der Waals surface area contributed by atoms with Gasteiger partial charge in [-0.2, -0.15) is 0 Å². The molecule has 0 aliphatic rings. The molecule has 2 amide bonds. The molecule has 2 N–H and O–H groups in total. The third-order valence-electron chi connectivity index (χ3n) is 1.30. The van der Waals surface area contributed by atoms with Gasteiger partial charge in [0.25, 0.3) is 0 Å². The molecule has 0 aromatic rings. The van der Waals surface area contributed by atoms with E-state index in [1.807, 2.05) is 13.8 Å². The Morgan fingerprint density at radius 2 is 1.64 bits per heavy atom. The van der Waals surface area contributed by atoms with Crippen LogP contribution < -0.4 is 5.73 Å². The van der Waals surface area contributed by atoms with E-state index in [-0.39, 0.29) is 57.4 Å². The fourth-order valence-electron chi connectivity index (χ4n) is 0.872. The van der Waals surface area contributed by atoms with Crippen LogP contribution >= 0.6 is 0 Å². The topological polar surface area (TPSA) is 46.3 Å². The van der Waals surface area contributed by atoms with Crippen molar-refractivity contribution >= 4 is 57.4 Å². The summed E-state index contributed by atoms with van der Waals surface area (Å²) < 4.78 is 0. The number of amides is 2. The van der Waals surface area contributed by atoms with Crippen LogP contribution in [0.15, 0.2) is 0 Å². The maximum absolute atomic E-state index is 10.6. The van der Waals surface area contributed by atoms with Crippen molar-refractivity contribution in [1.82, 2.24) is 4.90 Å². The fraction of sp³-hybridized carbons (Fsp3) is 0.857. The van der Waals surface area contributed by atoms with Crippen LogP contribution in [-0.2, 0) is 0 Å². The summed E-state index contributed by atoms with van der Waals surface area (Å²) in [5.41, 5.74) is 5.10. The van der Waals surface area contributed by atoms with Crippen LogP contribution in [0, 0.1) is 0 Å². The van der Waals surface area contributed by atoms with Gasteiger partial charge in [0.15, 0.2) is 0 Å². The Hall–Kier alpha value is 0.906. The molecule has 0 aromatic carbocycles. The quantitative estimate of drug-likeness (QED) is 0.637. The standard InChI is InChI=1S/C7H16N2O.K.H/c1-3-5-9(6-4-2)7(8)10;;/h3-6H2,1-2H3,(H2,8,10);;. The number of urea groups is 1. The Balaban J connectivity index is 0. The van der Waals surface area contributed by atoms with Gasteiger partial charge < -0.3 is 10.6 Å². The van der Waals surface area contributed by atoms with Crippen LogP contribution in [0.4, 0.5) is 4.79 Å². The zero-order valence-electron chi connectivity index (χ0n) is 6.76. The Labute approximate surface area is 111 Å². The van der Waals surface area contributed by atoms with Crippen molar-refractivity contribution < 1.29 is 4.79 Å². The summed E-state index contributed by atoms with van der Waals surface area (Å²) in [5.74, 6) is 0. The van der Waals surface area contributed by atoms with E-state index in [0.717, 1.165) is 25.9 Å². The Morgan fingerprint density at radius 1 is 1.27 bits per heavy atom. The molecule has 0 saturated carbocycles. The Bertz CT molecular complexity index is 103. The number of hydrogen-bond donors (Lipinski definition) is 1. The third-order valence-corrected chi connectivity index (χ3v) is 1.30. The molecule has 0 bridgehead atoms. The summed E-state index contributed by atoms with van der Waals surface area (Å²) in [6.45, 7) is 5.63. The van der Waals surface area contributed by atoms with Crippen molar-refractivity contribution in [2.45, 2.75) is 26.7 Å². The minimum absolute atomic E-state index is 0. The summed E-state index contributed by atoms with van der Waals surface area (Å²) in [5, 5.41) is 0. The van der Waals surface area contributed by atoms with E-state index in [0.29, 0.717) is 0 Å². The molecule has 4 heteroatoms. The SMILES string of the molecule is CCCN(CCC)C(N)=O.[KH]. The van der Waals surface area contributed by atoms with Gasteiger partial charge in [-0.1, -0.05) is 13.8 Å². The molecule has 0 aromatic heterocycles. The number of carbonyl (C=O) groups excluding carboxylic acids is 1. The van der Waals surface area contributed by atoms with Gasteiger partial charge in [0.1, 0.15) is 0 Å². The van der Waals surface area contributed by atoms with Gasteiger partial charge in [-0.15, -0.1) is 0 Å². The number of rotatable bonds is 4. The monoisotopic (exact) mass is 184 g/mol. The molecule has 0 spiro atoms. The first kappa shape index (κ1) is 14.4. The van der Waals surface area contributed by atoms with E-state index in [1.54, 1.807) is 4.90 Å².